The van der Waals surface area contributed by atoms with Gasteiger partial charge in [0.2, 0.25) is 0 Å². The van der Waals surface area contributed by atoms with Gasteiger partial charge in [0.15, 0.2) is 0 Å². The summed E-state index contributed by atoms with van der Waals surface area (Å²) in [6.07, 6.45) is 1.86. The lowest BCUT2D eigenvalue weighted by Gasteiger charge is -2.13. The first kappa shape index (κ1) is 13.4. The van der Waals surface area contributed by atoms with Crippen molar-refractivity contribution in [1.82, 2.24) is 5.32 Å². The summed E-state index contributed by atoms with van der Waals surface area (Å²) in [6.45, 7) is 1.96. The van der Waals surface area contributed by atoms with E-state index in [-0.39, 0.29) is 18.0 Å². The summed E-state index contributed by atoms with van der Waals surface area (Å²) in [7, 11) is 0. The first-order valence-corrected chi connectivity index (χ1v) is 6.41. The number of anilines is 1. The van der Waals surface area contributed by atoms with Crippen LogP contribution in [-0.2, 0) is 4.79 Å². The highest BCUT2D eigenvalue weighted by molar-refractivity contribution is 5.89. The molecule has 0 spiro atoms. The normalized spacial score (nSPS) is 21.9. The minimum Gasteiger partial charge on any atom is -0.481 e. The van der Waals surface area contributed by atoms with Gasteiger partial charge in [0.05, 0.1) is 5.92 Å². The molecule has 0 radical (unpaired) electrons. The fourth-order valence-electron chi connectivity index (χ4n) is 2.41. The molecule has 102 valence electrons. The van der Waals surface area contributed by atoms with Gasteiger partial charge in [-0.05, 0) is 43.9 Å². The average Bonchev–Trinajstić information content (AvgIpc) is 2.77. The van der Waals surface area contributed by atoms with Crippen LogP contribution in [0, 0.1) is 12.8 Å². The van der Waals surface area contributed by atoms with Gasteiger partial charge in [0.1, 0.15) is 0 Å². The molecule has 1 saturated carbocycles. The Hall–Kier alpha value is -2.04. The zero-order valence-corrected chi connectivity index (χ0v) is 10.8. The third-order valence-electron chi connectivity index (χ3n) is 3.39. The van der Waals surface area contributed by atoms with E-state index in [1.165, 1.54) is 0 Å². The number of urea groups is 1. The molecule has 0 bridgehead atoms. The molecule has 1 aliphatic carbocycles. The number of carbonyl (C=O) groups is 2. The van der Waals surface area contributed by atoms with Crippen LogP contribution in [0.4, 0.5) is 10.5 Å². The molecule has 0 heterocycles. The monoisotopic (exact) mass is 262 g/mol. The van der Waals surface area contributed by atoms with Crippen molar-refractivity contribution < 1.29 is 14.7 Å². The van der Waals surface area contributed by atoms with E-state index < -0.39 is 5.97 Å². The number of benzene rings is 1. The van der Waals surface area contributed by atoms with Gasteiger partial charge in [-0.3, -0.25) is 4.79 Å². The Morgan fingerprint density at radius 2 is 2.11 bits per heavy atom. The van der Waals surface area contributed by atoms with E-state index in [1.54, 1.807) is 0 Å². The molecule has 19 heavy (non-hydrogen) atoms. The summed E-state index contributed by atoms with van der Waals surface area (Å²) in [5.41, 5.74) is 1.81. The lowest BCUT2D eigenvalue weighted by Crippen LogP contribution is -2.36. The van der Waals surface area contributed by atoms with Crippen LogP contribution in [0.25, 0.3) is 0 Å². The number of hydrogen-bond acceptors (Lipinski definition) is 2. The molecule has 5 heteroatoms. The third-order valence-corrected chi connectivity index (χ3v) is 3.39. The number of carboxylic acids is 1. The van der Waals surface area contributed by atoms with Crippen molar-refractivity contribution in [2.75, 3.05) is 5.32 Å². The molecule has 2 atom stereocenters. The van der Waals surface area contributed by atoms with Gasteiger partial charge in [-0.1, -0.05) is 12.1 Å². The van der Waals surface area contributed by atoms with Crippen molar-refractivity contribution in [1.29, 1.82) is 0 Å². The van der Waals surface area contributed by atoms with E-state index in [4.69, 9.17) is 5.11 Å². The smallest absolute Gasteiger partial charge is 0.319 e. The van der Waals surface area contributed by atoms with E-state index in [0.717, 1.165) is 17.7 Å². The Balaban J connectivity index is 1.84. The van der Waals surface area contributed by atoms with Crippen molar-refractivity contribution in [3.63, 3.8) is 0 Å². The second-order valence-electron chi connectivity index (χ2n) is 5.01. The van der Waals surface area contributed by atoms with Gasteiger partial charge in [0.25, 0.3) is 0 Å². The van der Waals surface area contributed by atoms with Crippen molar-refractivity contribution in [3.8, 4) is 0 Å². The van der Waals surface area contributed by atoms with E-state index in [9.17, 15) is 9.59 Å². The summed E-state index contributed by atoms with van der Waals surface area (Å²) < 4.78 is 0. The summed E-state index contributed by atoms with van der Waals surface area (Å²) in [4.78, 5) is 22.6. The molecular weight excluding hydrogens is 244 g/mol. The number of aryl methyl sites for hydroxylation is 1. The Morgan fingerprint density at radius 1 is 1.32 bits per heavy atom. The predicted molar refractivity (Wildman–Crippen MR) is 72.1 cm³/mol. The highest BCUT2D eigenvalue weighted by atomic mass is 16.4. The van der Waals surface area contributed by atoms with Crippen molar-refractivity contribution in [2.45, 2.75) is 32.2 Å². The Kier molecular flexibility index (Phi) is 4.04. The number of rotatable bonds is 3. The Labute approximate surface area is 112 Å². The number of carboxylic acid groups (broad SMARTS) is 1. The SMILES string of the molecule is Cc1cccc(NC(=O)N[C@H]2CC[C@@H](C(=O)O)C2)c1. The molecule has 1 aromatic carbocycles. The van der Waals surface area contributed by atoms with Crippen molar-refractivity contribution >= 4 is 17.7 Å². The number of hydrogen-bond donors (Lipinski definition) is 3. The second kappa shape index (κ2) is 5.73. The molecule has 0 saturated heterocycles. The van der Waals surface area contributed by atoms with Crippen LogP contribution >= 0.6 is 0 Å². The van der Waals surface area contributed by atoms with Gasteiger partial charge < -0.3 is 15.7 Å². The lowest BCUT2D eigenvalue weighted by molar-refractivity contribution is -0.141. The van der Waals surface area contributed by atoms with Gasteiger partial charge in [-0.2, -0.15) is 0 Å². The van der Waals surface area contributed by atoms with Gasteiger partial charge >= 0.3 is 12.0 Å². The van der Waals surface area contributed by atoms with Crippen LogP contribution in [0.1, 0.15) is 24.8 Å². The van der Waals surface area contributed by atoms with E-state index in [2.05, 4.69) is 10.6 Å². The molecule has 1 aliphatic rings. The van der Waals surface area contributed by atoms with Crippen LogP contribution in [0.3, 0.4) is 0 Å². The lowest BCUT2D eigenvalue weighted by atomic mass is 10.1. The fourth-order valence-corrected chi connectivity index (χ4v) is 2.41. The number of nitrogens with one attached hydrogen (secondary N) is 2. The van der Waals surface area contributed by atoms with Crippen molar-refractivity contribution in [2.24, 2.45) is 5.92 Å². The topological polar surface area (TPSA) is 78.4 Å². The molecular formula is C14H18N2O3. The Bertz CT molecular complexity index is 487. The zero-order valence-electron chi connectivity index (χ0n) is 10.8. The largest absolute Gasteiger partial charge is 0.481 e. The molecule has 5 nitrogen and oxygen atoms in total. The summed E-state index contributed by atoms with van der Waals surface area (Å²) in [6, 6.07) is 7.21. The number of aliphatic carboxylic acids is 1. The average molecular weight is 262 g/mol. The second-order valence-corrected chi connectivity index (χ2v) is 5.01. The van der Waals surface area contributed by atoms with Crippen LogP contribution in [0.15, 0.2) is 24.3 Å². The summed E-state index contributed by atoms with van der Waals surface area (Å²) >= 11 is 0. The maximum Gasteiger partial charge on any atom is 0.319 e. The quantitative estimate of drug-likeness (QED) is 0.782. The van der Waals surface area contributed by atoms with Crippen LogP contribution in [0.5, 0.6) is 0 Å². The first-order valence-electron chi connectivity index (χ1n) is 6.41. The zero-order chi connectivity index (χ0) is 13.8. The molecule has 2 amide bonds. The summed E-state index contributed by atoms with van der Waals surface area (Å²) in [5.74, 6) is -1.10. The van der Waals surface area contributed by atoms with Gasteiger partial charge in [0, 0.05) is 11.7 Å². The molecule has 0 unspecified atom stereocenters. The number of carbonyl (C=O) groups excluding carboxylic acids is 1. The van der Waals surface area contributed by atoms with Crippen LogP contribution < -0.4 is 10.6 Å². The maximum atomic E-state index is 11.8. The van der Waals surface area contributed by atoms with Gasteiger partial charge in [-0.25, -0.2) is 4.79 Å². The molecule has 0 aliphatic heterocycles. The van der Waals surface area contributed by atoms with Crippen LogP contribution in [0.2, 0.25) is 0 Å². The molecule has 2 rings (SSSR count). The third kappa shape index (κ3) is 3.71. The highest BCUT2D eigenvalue weighted by Gasteiger charge is 2.30. The molecule has 3 N–H and O–H groups in total. The number of amides is 2. The van der Waals surface area contributed by atoms with E-state index in [0.29, 0.717) is 12.8 Å². The molecule has 0 aromatic heterocycles. The maximum absolute atomic E-state index is 11.8. The van der Waals surface area contributed by atoms with Gasteiger partial charge in [-0.15, -0.1) is 0 Å². The minimum absolute atomic E-state index is 0.0501. The highest BCUT2D eigenvalue weighted by Crippen LogP contribution is 2.25. The molecule has 1 fully saturated rings. The van der Waals surface area contributed by atoms with Crippen molar-refractivity contribution in [3.05, 3.63) is 29.8 Å². The fraction of sp³-hybridized carbons (Fsp3) is 0.429. The Morgan fingerprint density at radius 3 is 2.74 bits per heavy atom. The van der Waals surface area contributed by atoms with E-state index in [1.807, 2.05) is 31.2 Å². The standard InChI is InChI=1S/C14H18N2O3/c1-9-3-2-4-11(7-9)15-14(19)16-12-6-5-10(8-12)13(17)18/h2-4,7,10,12H,5-6,8H2,1H3,(H,17,18)(H2,15,16,19)/t10-,12+/m1/s1. The first-order chi connectivity index (χ1) is 9.04. The van der Waals surface area contributed by atoms with E-state index >= 15 is 0 Å². The van der Waals surface area contributed by atoms with Crippen LogP contribution in [-0.4, -0.2) is 23.1 Å². The minimum atomic E-state index is -0.775. The molecule has 1 aromatic rings. The predicted octanol–water partition coefficient (Wildman–Crippen LogP) is 2.37. The summed E-state index contributed by atoms with van der Waals surface area (Å²) in [5, 5.41) is 14.5.